The van der Waals surface area contributed by atoms with Crippen LogP contribution in [0.3, 0.4) is 0 Å². The maximum absolute atomic E-state index is 11.1. The zero-order valence-corrected chi connectivity index (χ0v) is 14.8. The van der Waals surface area contributed by atoms with Crippen LogP contribution in [0.2, 0.25) is 0 Å². The lowest BCUT2D eigenvalue weighted by molar-refractivity contribution is 0.218. The van der Waals surface area contributed by atoms with E-state index in [1.807, 2.05) is 0 Å². The maximum atomic E-state index is 11.1. The van der Waals surface area contributed by atoms with E-state index in [2.05, 4.69) is 11.1 Å². The molecule has 0 saturated carbocycles. The third-order valence-corrected chi connectivity index (χ3v) is 4.47. The van der Waals surface area contributed by atoms with Crippen LogP contribution in [-0.4, -0.2) is 21.6 Å². The van der Waals surface area contributed by atoms with Gasteiger partial charge in [-0.3, -0.25) is 0 Å². The van der Waals surface area contributed by atoms with E-state index in [0.29, 0.717) is 0 Å². The Morgan fingerprint density at radius 3 is 1.48 bits per heavy atom. The SMILES string of the molecule is CCCCCCCCCCCCCCOS(=O)(=O)OCC. The van der Waals surface area contributed by atoms with Crippen molar-refractivity contribution in [3.63, 3.8) is 0 Å². The lowest BCUT2D eigenvalue weighted by Gasteiger charge is -2.04. The fourth-order valence-corrected chi connectivity index (χ4v) is 2.96. The third kappa shape index (κ3) is 16.1. The minimum atomic E-state index is -3.75. The Balaban J connectivity index is 3.16. The standard InChI is InChI=1S/C16H34O4S/c1-3-5-6-7-8-9-10-11-12-13-14-15-16-20-21(17,18)19-4-2/h3-16H2,1-2H3. The summed E-state index contributed by atoms with van der Waals surface area (Å²) in [4.78, 5) is 0. The predicted octanol–water partition coefficient (Wildman–Crippen LogP) is 4.99. The van der Waals surface area contributed by atoms with E-state index in [0.717, 1.165) is 19.3 Å². The van der Waals surface area contributed by atoms with Gasteiger partial charge in [-0.25, -0.2) is 8.37 Å². The highest BCUT2D eigenvalue weighted by atomic mass is 32.3. The summed E-state index contributed by atoms with van der Waals surface area (Å²) in [6.07, 6.45) is 15.1. The van der Waals surface area contributed by atoms with Crippen molar-refractivity contribution in [2.75, 3.05) is 13.2 Å². The lowest BCUT2D eigenvalue weighted by Crippen LogP contribution is -2.10. The molecule has 0 atom stereocenters. The van der Waals surface area contributed by atoms with Crippen molar-refractivity contribution in [2.24, 2.45) is 0 Å². The Bertz CT molecular complexity index is 301. The summed E-state index contributed by atoms with van der Waals surface area (Å²) in [5.41, 5.74) is 0. The van der Waals surface area contributed by atoms with Crippen LogP contribution >= 0.6 is 0 Å². The molecule has 0 aliphatic heterocycles. The molecule has 0 unspecified atom stereocenters. The van der Waals surface area contributed by atoms with Gasteiger partial charge in [-0.2, -0.15) is 8.42 Å². The summed E-state index contributed by atoms with van der Waals surface area (Å²) in [5, 5.41) is 0. The summed E-state index contributed by atoms with van der Waals surface area (Å²) in [6.45, 7) is 4.24. The normalized spacial score (nSPS) is 11.9. The van der Waals surface area contributed by atoms with E-state index in [-0.39, 0.29) is 13.2 Å². The van der Waals surface area contributed by atoms with E-state index >= 15 is 0 Å². The highest BCUT2D eigenvalue weighted by Crippen LogP contribution is 2.12. The molecule has 4 nitrogen and oxygen atoms in total. The molecule has 128 valence electrons. The first-order valence-corrected chi connectivity index (χ1v) is 9.99. The van der Waals surface area contributed by atoms with Gasteiger partial charge in [0.2, 0.25) is 0 Å². The predicted molar refractivity (Wildman–Crippen MR) is 87.6 cm³/mol. The molecular formula is C16H34O4S. The summed E-state index contributed by atoms with van der Waals surface area (Å²) in [5.74, 6) is 0. The summed E-state index contributed by atoms with van der Waals surface area (Å²) >= 11 is 0. The van der Waals surface area contributed by atoms with Crippen LogP contribution in [-0.2, 0) is 18.8 Å². The van der Waals surface area contributed by atoms with Gasteiger partial charge in [0, 0.05) is 0 Å². The molecule has 21 heavy (non-hydrogen) atoms. The smallest absolute Gasteiger partial charge is 0.248 e. The van der Waals surface area contributed by atoms with Gasteiger partial charge in [-0.15, -0.1) is 0 Å². The molecule has 0 heterocycles. The van der Waals surface area contributed by atoms with Gasteiger partial charge in [0.1, 0.15) is 0 Å². The van der Waals surface area contributed by atoms with Crippen LogP contribution < -0.4 is 0 Å². The van der Waals surface area contributed by atoms with Gasteiger partial charge in [0.15, 0.2) is 0 Å². The molecule has 0 fully saturated rings. The van der Waals surface area contributed by atoms with Crippen LogP contribution in [0.15, 0.2) is 0 Å². The van der Waals surface area contributed by atoms with Gasteiger partial charge < -0.3 is 0 Å². The van der Waals surface area contributed by atoms with Crippen LogP contribution in [0.1, 0.15) is 90.9 Å². The van der Waals surface area contributed by atoms with E-state index in [1.54, 1.807) is 6.92 Å². The fraction of sp³-hybridized carbons (Fsp3) is 1.00. The Kier molecular flexibility index (Phi) is 14.7. The van der Waals surface area contributed by atoms with Crippen molar-refractivity contribution in [3.8, 4) is 0 Å². The van der Waals surface area contributed by atoms with E-state index in [1.165, 1.54) is 57.8 Å². The average molecular weight is 323 g/mol. The van der Waals surface area contributed by atoms with Crippen molar-refractivity contribution in [1.82, 2.24) is 0 Å². The highest BCUT2D eigenvalue weighted by molar-refractivity contribution is 7.81. The first-order valence-electron chi connectivity index (χ1n) is 8.66. The summed E-state index contributed by atoms with van der Waals surface area (Å²) in [7, 11) is -3.75. The maximum Gasteiger partial charge on any atom is 0.399 e. The van der Waals surface area contributed by atoms with Crippen molar-refractivity contribution in [1.29, 1.82) is 0 Å². The van der Waals surface area contributed by atoms with E-state index < -0.39 is 10.4 Å². The second-order valence-corrected chi connectivity index (χ2v) is 6.81. The molecule has 0 saturated heterocycles. The topological polar surface area (TPSA) is 52.6 Å². The minimum absolute atomic E-state index is 0.126. The summed E-state index contributed by atoms with van der Waals surface area (Å²) in [6, 6.07) is 0. The molecule has 5 heteroatoms. The minimum Gasteiger partial charge on any atom is -0.248 e. The number of unbranched alkanes of at least 4 members (excludes halogenated alkanes) is 11. The van der Waals surface area contributed by atoms with Crippen LogP contribution in [0.5, 0.6) is 0 Å². The van der Waals surface area contributed by atoms with E-state index in [4.69, 9.17) is 4.18 Å². The van der Waals surface area contributed by atoms with Gasteiger partial charge in [-0.1, -0.05) is 77.6 Å². The first-order chi connectivity index (χ1) is 10.1. The largest absolute Gasteiger partial charge is 0.399 e. The molecule has 0 N–H and O–H groups in total. The van der Waals surface area contributed by atoms with Gasteiger partial charge in [0.25, 0.3) is 0 Å². The second kappa shape index (κ2) is 14.8. The van der Waals surface area contributed by atoms with Gasteiger partial charge in [-0.05, 0) is 13.3 Å². The second-order valence-electron chi connectivity index (χ2n) is 5.53. The van der Waals surface area contributed by atoms with Crippen LogP contribution in [0.25, 0.3) is 0 Å². The highest BCUT2D eigenvalue weighted by Gasteiger charge is 2.09. The van der Waals surface area contributed by atoms with Crippen molar-refractivity contribution in [2.45, 2.75) is 90.9 Å². The third-order valence-electron chi connectivity index (χ3n) is 3.49. The Morgan fingerprint density at radius 2 is 1.05 bits per heavy atom. The molecule has 0 aliphatic carbocycles. The molecule has 0 aromatic carbocycles. The Labute approximate surface area is 131 Å². The zero-order chi connectivity index (χ0) is 15.8. The molecule has 0 bridgehead atoms. The Hall–Kier alpha value is -0.130. The molecule has 0 spiro atoms. The van der Waals surface area contributed by atoms with Crippen molar-refractivity contribution >= 4 is 10.4 Å². The molecule has 0 radical (unpaired) electrons. The molecule has 0 amide bonds. The number of hydrogen-bond donors (Lipinski definition) is 0. The number of rotatable bonds is 16. The monoisotopic (exact) mass is 322 g/mol. The van der Waals surface area contributed by atoms with Crippen LogP contribution in [0.4, 0.5) is 0 Å². The zero-order valence-electron chi connectivity index (χ0n) is 13.9. The lowest BCUT2D eigenvalue weighted by atomic mass is 10.1. The average Bonchev–Trinajstić information content (AvgIpc) is 2.44. The van der Waals surface area contributed by atoms with Crippen molar-refractivity contribution in [3.05, 3.63) is 0 Å². The first kappa shape index (κ1) is 20.9. The summed E-state index contributed by atoms with van der Waals surface area (Å²) < 4.78 is 31.4. The van der Waals surface area contributed by atoms with Crippen LogP contribution in [0, 0.1) is 0 Å². The Morgan fingerprint density at radius 1 is 0.619 bits per heavy atom. The molecule has 0 aromatic rings. The van der Waals surface area contributed by atoms with Gasteiger partial charge >= 0.3 is 10.4 Å². The van der Waals surface area contributed by atoms with E-state index in [9.17, 15) is 8.42 Å². The van der Waals surface area contributed by atoms with Crippen molar-refractivity contribution < 1.29 is 16.8 Å². The number of hydrogen-bond acceptors (Lipinski definition) is 4. The molecule has 0 aromatic heterocycles. The van der Waals surface area contributed by atoms with Gasteiger partial charge in [0.05, 0.1) is 13.2 Å². The molecular weight excluding hydrogens is 288 g/mol. The molecule has 0 rings (SSSR count). The fourth-order valence-electron chi connectivity index (χ4n) is 2.28. The quantitative estimate of drug-likeness (QED) is 0.376. The molecule has 0 aliphatic rings.